The summed E-state index contributed by atoms with van der Waals surface area (Å²) in [5.74, 6) is 0.476. The number of morpholine rings is 1. The van der Waals surface area contributed by atoms with Crippen molar-refractivity contribution in [2.24, 2.45) is 5.92 Å². The Morgan fingerprint density at radius 2 is 2.11 bits per heavy atom. The Balaban J connectivity index is 1.55. The lowest BCUT2D eigenvalue weighted by Crippen LogP contribution is -2.38. The van der Waals surface area contributed by atoms with E-state index in [1.54, 1.807) is 0 Å². The second-order valence-electron chi connectivity index (χ2n) is 5.48. The molecular weight excluding hydrogens is 242 g/mol. The van der Waals surface area contributed by atoms with E-state index in [2.05, 4.69) is 15.5 Å². The van der Waals surface area contributed by atoms with E-state index in [0.717, 1.165) is 78.2 Å². The molecule has 2 saturated heterocycles. The standard InChI is InChI=1S/C14H27N3O2/c18-14(13-3-1-5-15-7-4-13)16-6-2-8-17-9-11-19-12-10-17/h13,15H,1-12H2,(H,16,18)/t13-/m1/s1. The Labute approximate surface area is 116 Å². The Bertz CT molecular complexity index is 259. The van der Waals surface area contributed by atoms with Crippen molar-refractivity contribution in [1.29, 1.82) is 0 Å². The Morgan fingerprint density at radius 1 is 1.26 bits per heavy atom. The van der Waals surface area contributed by atoms with Gasteiger partial charge in [0.25, 0.3) is 0 Å². The first-order chi connectivity index (χ1) is 9.36. The van der Waals surface area contributed by atoms with Crippen LogP contribution in [0.25, 0.3) is 0 Å². The van der Waals surface area contributed by atoms with Crippen LogP contribution in [0.5, 0.6) is 0 Å². The van der Waals surface area contributed by atoms with Crippen LogP contribution in [0.3, 0.4) is 0 Å². The molecule has 19 heavy (non-hydrogen) atoms. The van der Waals surface area contributed by atoms with Gasteiger partial charge >= 0.3 is 0 Å². The normalized spacial score (nSPS) is 25.8. The molecule has 2 aliphatic heterocycles. The molecule has 2 fully saturated rings. The zero-order valence-corrected chi connectivity index (χ0v) is 11.8. The van der Waals surface area contributed by atoms with Gasteiger partial charge in [0, 0.05) is 25.6 Å². The number of rotatable bonds is 5. The van der Waals surface area contributed by atoms with Gasteiger partial charge in [0.2, 0.25) is 5.91 Å². The summed E-state index contributed by atoms with van der Waals surface area (Å²) in [5.41, 5.74) is 0. The molecule has 5 nitrogen and oxygen atoms in total. The van der Waals surface area contributed by atoms with Gasteiger partial charge in [-0.25, -0.2) is 0 Å². The zero-order chi connectivity index (χ0) is 13.3. The van der Waals surface area contributed by atoms with Crippen LogP contribution in [0.1, 0.15) is 25.7 Å². The summed E-state index contributed by atoms with van der Waals surface area (Å²) in [7, 11) is 0. The first-order valence-electron chi connectivity index (χ1n) is 7.65. The molecule has 0 aromatic carbocycles. The molecule has 2 aliphatic rings. The van der Waals surface area contributed by atoms with Crippen molar-refractivity contribution >= 4 is 5.91 Å². The first kappa shape index (κ1) is 14.8. The van der Waals surface area contributed by atoms with Gasteiger partial charge in [-0.15, -0.1) is 0 Å². The highest BCUT2D eigenvalue weighted by atomic mass is 16.5. The van der Waals surface area contributed by atoms with Crippen molar-refractivity contribution in [3.63, 3.8) is 0 Å². The molecule has 2 heterocycles. The van der Waals surface area contributed by atoms with Crippen LogP contribution in [0.15, 0.2) is 0 Å². The van der Waals surface area contributed by atoms with E-state index < -0.39 is 0 Å². The average Bonchev–Trinajstić information content (AvgIpc) is 2.73. The van der Waals surface area contributed by atoms with Gasteiger partial charge in [-0.3, -0.25) is 9.69 Å². The van der Waals surface area contributed by atoms with E-state index in [0.29, 0.717) is 0 Å². The van der Waals surface area contributed by atoms with Gasteiger partial charge in [-0.2, -0.15) is 0 Å². The monoisotopic (exact) mass is 269 g/mol. The molecule has 1 amide bonds. The molecule has 110 valence electrons. The maximum absolute atomic E-state index is 12.0. The van der Waals surface area contributed by atoms with Gasteiger partial charge < -0.3 is 15.4 Å². The minimum atomic E-state index is 0.221. The summed E-state index contributed by atoms with van der Waals surface area (Å²) in [4.78, 5) is 14.4. The zero-order valence-electron chi connectivity index (χ0n) is 11.8. The van der Waals surface area contributed by atoms with Gasteiger partial charge in [0.1, 0.15) is 0 Å². The van der Waals surface area contributed by atoms with Crippen LogP contribution in [0, 0.1) is 5.92 Å². The highest BCUT2D eigenvalue weighted by Crippen LogP contribution is 2.13. The van der Waals surface area contributed by atoms with Crippen LogP contribution in [0.2, 0.25) is 0 Å². The van der Waals surface area contributed by atoms with Crippen LogP contribution >= 0.6 is 0 Å². The Morgan fingerprint density at radius 3 is 2.95 bits per heavy atom. The summed E-state index contributed by atoms with van der Waals surface area (Å²) < 4.78 is 5.32. The number of hydrogen-bond acceptors (Lipinski definition) is 4. The van der Waals surface area contributed by atoms with E-state index in [1.807, 2.05) is 0 Å². The fraction of sp³-hybridized carbons (Fsp3) is 0.929. The number of carbonyl (C=O) groups is 1. The predicted molar refractivity (Wildman–Crippen MR) is 75.1 cm³/mol. The smallest absolute Gasteiger partial charge is 0.223 e. The number of amides is 1. The number of hydrogen-bond donors (Lipinski definition) is 2. The van der Waals surface area contributed by atoms with Gasteiger partial charge in [0.05, 0.1) is 13.2 Å². The van der Waals surface area contributed by atoms with Crippen molar-refractivity contribution in [3.05, 3.63) is 0 Å². The Hall–Kier alpha value is -0.650. The molecule has 0 saturated carbocycles. The summed E-state index contributed by atoms with van der Waals surface area (Å²) in [6.45, 7) is 7.66. The topological polar surface area (TPSA) is 53.6 Å². The van der Waals surface area contributed by atoms with E-state index >= 15 is 0 Å². The molecule has 0 spiro atoms. The van der Waals surface area contributed by atoms with Crippen LogP contribution < -0.4 is 10.6 Å². The van der Waals surface area contributed by atoms with Crippen molar-refractivity contribution in [3.8, 4) is 0 Å². The molecule has 0 radical (unpaired) electrons. The quantitative estimate of drug-likeness (QED) is 0.701. The first-order valence-corrected chi connectivity index (χ1v) is 7.65. The van der Waals surface area contributed by atoms with Crippen LogP contribution in [-0.4, -0.2) is 63.3 Å². The van der Waals surface area contributed by atoms with Crippen molar-refractivity contribution in [2.75, 3.05) is 52.5 Å². The van der Waals surface area contributed by atoms with E-state index in [-0.39, 0.29) is 11.8 Å². The number of ether oxygens (including phenoxy) is 1. The lowest BCUT2D eigenvalue weighted by atomic mass is 10.00. The molecule has 1 atom stereocenters. The van der Waals surface area contributed by atoms with Gasteiger partial charge in [-0.1, -0.05) is 0 Å². The highest BCUT2D eigenvalue weighted by Gasteiger charge is 2.19. The molecule has 2 N–H and O–H groups in total. The second kappa shape index (κ2) is 8.51. The molecule has 0 aromatic rings. The summed E-state index contributed by atoms with van der Waals surface area (Å²) in [6, 6.07) is 0. The third-order valence-electron chi connectivity index (χ3n) is 4.00. The maximum Gasteiger partial charge on any atom is 0.223 e. The molecular formula is C14H27N3O2. The van der Waals surface area contributed by atoms with Crippen molar-refractivity contribution in [1.82, 2.24) is 15.5 Å². The van der Waals surface area contributed by atoms with Crippen molar-refractivity contribution in [2.45, 2.75) is 25.7 Å². The summed E-state index contributed by atoms with van der Waals surface area (Å²) in [5, 5.41) is 6.44. The minimum Gasteiger partial charge on any atom is -0.379 e. The average molecular weight is 269 g/mol. The number of nitrogens with zero attached hydrogens (tertiary/aromatic N) is 1. The van der Waals surface area contributed by atoms with E-state index in [4.69, 9.17) is 4.74 Å². The highest BCUT2D eigenvalue weighted by molar-refractivity contribution is 5.78. The fourth-order valence-corrected chi connectivity index (χ4v) is 2.76. The maximum atomic E-state index is 12.0. The second-order valence-corrected chi connectivity index (χ2v) is 5.48. The number of carbonyl (C=O) groups excluding carboxylic acids is 1. The van der Waals surface area contributed by atoms with Crippen LogP contribution in [0.4, 0.5) is 0 Å². The molecule has 0 aliphatic carbocycles. The molecule has 0 aromatic heterocycles. The SMILES string of the molecule is O=C(NCCCN1CCOCC1)[C@@H]1CCCNCC1. The minimum absolute atomic E-state index is 0.221. The molecule has 2 rings (SSSR count). The van der Waals surface area contributed by atoms with Gasteiger partial charge in [0.15, 0.2) is 0 Å². The fourth-order valence-electron chi connectivity index (χ4n) is 2.76. The molecule has 0 bridgehead atoms. The van der Waals surface area contributed by atoms with E-state index in [9.17, 15) is 4.79 Å². The van der Waals surface area contributed by atoms with Gasteiger partial charge in [-0.05, 0) is 45.3 Å². The van der Waals surface area contributed by atoms with Crippen molar-refractivity contribution < 1.29 is 9.53 Å². The molecule has 5 heteroatoms. The lowest BCUT2D eigenvalue weighted by Gasteiger charge is -2.26. The van der Waals surface area contributed by atoms with Crippen LogP contribution in [-0.2, 0) is 9.53 Å². The number of nitrogens with one attached hydrogen (secondary N) is 2. The third kappa shape index (κ3) is 5.47. The summed E-state index contributed by atoms with van der Waals surface area (Å²) in [6.07, 6.45) is 4.17. The lowest BCUT2D eigenvalue weighted by molar-refractivity contribution is -0.125. The summed E-state index contributed by atoms with van der Waals surface area (Å²) >= 11 is 0. The molecule has 0 unspecified atom stereocenters. The largest absolute Gasteiger partial charge is 0.379 e. The Kier molecular flexibility index (Phi) is 6.61. The predicted octanol–water partition coefficient (Wildman–Crippen LogP) is 0.215. The van der Waals surface area contributed by atoms with E-state index in [1.165, 1.54) is 0 Å². The third-order valence-corrected chi connectivity index (χ3v) is 4.00.